The highest BCUT2D eigenvalue weighted by Crippen LogP contribution is 2.17. The van der Waals surface area contributed by atoms with Crippen molar-refractivity contribution in [3.05, 3.63) is 11.1 Å². The molecule has 1 aromatic rings. The third-order valence-electron chi connectivity index (χ3n) is 1.43. The average molecular weight is 170 g/mol. The van der Waals surface area contributed by atoms with Gasteiger partial charge in [0.1, 0.15) is 0 Å². The van der Waals surface area contributed by atoms with E-state index < -0.39 is 0 Å². The van der Waals surface area contributed by atoms with Crippen LogP contribution in [-0.4, -0.2) is 11.5 Å². The van der Waals surface area contributed by atoms with E-state index in [1.165, 1.54) is 4.88 Å². The monoisotopic (exact) mass is 170 g/mol. The molecule has 0 fully saturated rings. The molecule has 1 heterocycles. The lowest BCUT2D eigenvalue weighted by atomic mass is 10.4. The van der Waals surface area contributed by atoms with Gasteiger partial charge in [-0.05, 0) is 12.8 Å². The maximum atomic E-state index is 4.23. The summed E-state index contributed by atoms with van der Waals surface area (Å²) in [6, 6.07) is 0. The van der Waals surface area contributed by atoms with E-state index >= 15 is 0 Å². The van der Waals surface area contributed by atoms with Gasteiger partial charge in [-0.15, -0.1) is 11.3 Å². The highest BCUT2D eigenvalue weighted by Gasteiger charge is 1.96. The molecule has 0 spiro atoms. The third kappa shape index (κ3) is 2.50. The van der Waals surface area contributed by atoms with Gasteiger partial charge >= 0.3 is 0 Å². The Balaban J connectivity index is 2.44. The van der Waals surface area contributed by atoms with E-state index in [0.717, 1.165) is 24.5 Å². The molecule has 1 rings (SSSR count). The quantitative estimate of drug-likeness (QED) is 0.751. The zero-order chi connectivity index (χ0) is 8.10. The molecule has 1 aromatic heterocycles. The summed E-state index contributed by atoms with van der Waals surface area (Å²) in [5.74, 6) is 0. The Morgan fingerprint density at radius 3 is 2.91 bits per heavy atom. The van der Waals surface area contributed by atoms with E-state index in [1.54, 1.807) is 11.3 Å². The second kappa shape index (κ2) is 4.34. The Bertz CT molecular complexity index is 208. The van der Waals surface area contributed by atoms with Gasteiger partial charge in [0.25, 0.3) is 0 Å². The molecular formula is C8H14N2S. The molecule has 3 heteroatoms. The number of rotatable bonds is 4. The van der Waals surface area contributed by atoms with Gasteiger partial charge in [0, 0.05) is 17.6 Å². The molecule has 0 aliphatic rings. The number of aromatic nitrogens is 1. The normalized spacial score (nSPS) is 10.0. The van der Waals surface area contributed by atoms with Crippen LogP contribution in [0, 0.1) is 0 Å². The van der Waals surface area contributed by atoms with Crippen LogP contribution < -0.4 is 5.32 Å². The fraction of sp³-hybridized carbons (Fsp3) is 0.625. The van der Waals surface area contributed by atoms with Crippen LogP contribution in [0.4, 0.5) is 5.13 Å². The fourth-order valence-electron chi connectivity index (χ4n) is 0.785. The van der Waals surface area contributed by atoms with Crippen LogP contribution in [0.3, 0.4) is 0 Å². The van der Waals surface area contributed by atoms with Gasteiger partial charge in [-0.2, -0.15) is 0 Å². The molecule has 0 bridgehead atoms. The van der Waals surface area contributed by atoms with Crippen molar-refractivity contribution < 1.29 is 0 Å². The fourth-order valence-corrected chi connectivity index (χ4v) is 1.56. The number of nitrogens with zero attached hydrogens (tertiary/aromatic N) is 1. The number of hydrogen-bond donors (Lipinski definition) is 1. The highest BCUT2D eigenvalue weighted by atomic mass is 32.1. The largest absolute Gasteiger partial charge is 0.362 e. The van der Waals surface area contributed by atoms with E-state index in [9.17, 15) is 0 Å². The summed E-state index contributed by atoms with van der Waals surface area (Å²) in [6.45, 7) is 5.33. The second-order valence-electron chi connectivity index (χ2n) is 2.41. The molecule has 0 radical (unpaired) electrons. The molecule has 0 atom stereocenters. The SMILES string of the molecule is CCCNc1ncc(CC)s1. The van der Waals surface area contributed by atoms with Crippen LogP contribution in [-0.2, 0) is 6.42 Å². The molecule has 0 aromatic carbocycles. The van der Waals surface area contributed by atoms with Gasteiger partial charge in [-0.3, -0.25) is 0 Å². The number of aryl methyl sites for hydroxylation is 1. The molecule has 2 nitrogen and oxygen atoms in total. The van der Waals surface area contributed by atoms with Gasteiger partial charge in [0.2, 0.25) is 0 Å². The standard InChI is InChI=1S/C8H14N2S/c1-3-5-9-8-10-6-7(4-2)11-8/h6H,3-5H2,1-2H3,(H,9,10). The summed E-state index contributed by atoms with van der Waals surface area (Å²) in [6.07, 6.45) is 4.19. The van der Waals surface area contributed by atoms with Gasteiger partial charge in [0.05, 0.1) is 0 Å². The number of anilines is 1. The van der Waals surface area contributed by atoms with Crippen LogP contribution in [0.5, 0.6) is 0 Å². The van der Waals surface area contributed by atoms with E-state index in [0.29, 0.717) is 0 Å². The van der Waals surface area contributed by atoms with Crippen molar-refractivity contribution in [1.82, 2.24) is 4.98 Å². The molecule has 11 heavy (non-hydrogen) atoms. The minimum Gasteiger partial charge on any atom is -0.362 e. The van der Waals surface area contributed by atoms with Crippen molar-refractivity contribution in [2.45, 2.75) is 26.7 Å². The van der Waals surface area contributed by atoms with Gasteiger partial charge in [-0.1, -0.05) is 13.8 Å². The molecule has 0 saturated carbocycles. The van der Waals surface area contributed by atoms with Gasteiger partial charge in [-0.25, -0.2) is 4.98 Å². The van der Waals surface area contributed by atoms with Crippen LogP contribution in [0.15, 0.2) is 6.20 Å². The first-order valence-corrected chi connectivity index (χ1v) is 4.87. The summed E-state index contributed by atoms with van der Waals surface area (Å²) in [7, 11) is 0. The van der Waals surface area contributed by atoms with Crippen LogP contribution in [0.2, 0.25) is 0 Å². The summed E-state index contributed by atoms with van der Waals surface area (Å²) >= 11 is 1.75. The molecule has 0 amide bonds. The van der Waals surface area contributed by atoms with E-state index in [4.69, 9.17) is 0 Å². The molecule has 0 saturated heterocycles. The Kier molecular flexibility index (Phi) is 3.36. The predicted octanol–water partition coefficient (Wildman–Crippen LogP) is 2.53. The molecule has 62 valence electrons. The zero-order valence-corrected chi connectivity index (χ0v) is 7.87. The molecule has 1 N–H and O–H groups in total. The first-order valence-electron chi connectivity index (χ1n) is 4.05. The Morgan fingerprint density at radius 2 is 2.36 bits per heavy atom. The Morgan fingerprint density at radius 1 is 1.55 bits per heavy atom. The maximum Gasteiger partial charge on any atom is 0.182 e. The number of hydrogen-bond acceptors (Lipinski definition) is 3. The predicted molar refractivity (Wildman–Crippen MR) is 50.3 cm³/mol. The van der Waals surface area contributed by atoms with Crippen molar-refractivity contribution in [2.24, 2.45) is 0 Å². The van der Waals surface area contributed by atoms with E-state index in [2.05, 4.69) is 24.1 Å². The number of thiazole rings is 1. The lowest BCUT2D eigenvalue weighted by Gasteiger charge is -1.96. The van der Waals surface area contributed by atoms with E-state index in [-0.39, 0.29) is 0 Å². The molecule has 0 unspecified atom stereocenters. The third-order valence-corrected chi connectivity index (χ3v) is 2.53. The maximum absolute atomic E-state index is 4.23. The first-order chi connectivity index (χ1) is 5.36. The van der Waals surface area contributed by atoms with Crippen molar-refractivity contribution in [3.8, 4) is 0 Å². The van der Waals surface area contributed by atoms with Crippen molar-refractivity contribution in [3.63, 3.8) is 0 Å². The summed E-state index contributed by atoms with van der Waals surface area (Å²) in [4.78, 5) is 5.58. The topological polar surface area (TPSA) is 24.9 Å². The minimum atomic E-state index is 1.02. The van der Waals surface area contributed by atoms with Crippen molar-refractivity contribution in [2.75, 3.05) is 11.9 Å². The zero-order valence-electron chi connectivity index (χ0n) is 7.05. The van der Waals surface area contributed by atoms with Gasteiger partial charge < -0.3 is 5.32 Å². The molecule has 0 aliphatic carbocycles. The van der Waals surface area contributed by atoms with E-state index in [1.807, 2.05) is 6.20 Å². The minimum absolute atomic E-state index is 1.02. The molecular weight excluding hydrogens is 156 g/mol. The van der Waals surface area contributed by atoms with Crippen LogP contribution in [0.1, 0.15) is 25.1 Å². The number of nitrogens with one attached hydrogen (secondary N) is 1. The smallest absolute Gasteiger partial charge is 0.182 e. The summed E-state index contributed by atoms with van der Waals surface area (Å²) in [5, 5.41) is 4.32. The molecule has 0 aliphatic heterocycles. The second-order valence-corrected chi connectivity index (χ2v) is 3.53. The van der Waals surface area contributed by atoms with Crippen LogP contribution >= 0.6 is 11.3 Å². The van der Waals surface area contributed by atoms with Gasteiger partial charge in [0.15, 0.2) is 5.13 Å². The average Bonchev–Trinajstić information content (AvgIpc) is 2.48. The van der Waals surface area contributed by atoms with Crippen molar-refractivity contribution in [1.29, 1.82) is 0 Å². The Labute approximate surface area is 71.7 Å². The highest BCUT2D eigenvalue weighted by molar-refractivity contribution is 7.15. The Hall–Kier alpha value is -0.570. The summed E-state index contributed by atoms with van der Waals surface area (Å²) in [5.41, 5.74) is 0. The first kappa shape index (κ1) is 8.53. The van der Waals surface area contributed by atoms with Crippen LogP contribution in [0.25, 0.3) is 0 Å². The van der Waals surface area contributed by atoms with Crippen molar-refractivity contribution >= 4 is 16.5 Å². The summed E-state index contributed by atoms with van der Waals surface area (Å²) < 4.78 is 0. The lowest BCUT2D eigenvalue weighted by Crippen LogP contribution is -1.97. The lowest BCUT2D eigenvalue weighted by molar-refractivity contribution is 0.976.